The van der Waals surface area contributed by atoms with Gasteiger partial charge in [-0.3, -0.25) is 0 Å². The van der Waals surface area contributed by atoms with E-state index in [0.717, 1.165) is 33.9 Å². The van der Waals surface area contributed by atoms with Crippen LogP contribution in [-0.4, -0.2) is 18.3 Å². The van der Waals surface area contributed by atoms with E-state index in [0.29, 0.717) is 0 Å². The Morgan fingerprint density at radius 2 is 0.434 bits per heavy atom. The molecule has 0 unspecified atom stereocenters. The normalized spacial score (nSPS) is 11.9. The Hall–Kier alpha value is -10.2. The van der Waals surface area contributed by atoms with E-state index in [1.54, 1.807) is 0 Å². The smallest absolute Gasteiger partial charge is 0.0548 e. The Morgan fingerprint density at radius 3 is 0.855 bits per heavy atom. The van der Waals surface area contributed by atoms with E-state index in [1.807, 2.05) is 0 Å². The molecule has 0 aliphatic carbocycles. The second-order valence-corrected chi connectivity index (χ2v) is 20.1. The zero-order valence-electron chi connectivity index (χ0n) is 41.3. The van der Waals surface area contributed by atoms with E-state index < -0.39 is 0 Å². The maximum absolute atomic E-state index is 2.48. The Bertz CT molecular complexity index is 4960. The van der Waals surface area contributed by atoms with Gasteiger partial charge in [0.25, 0.3) is 0 Å². The van der Waals surface area contributed by atoms with Gasteiger partial charge >= 0.3 is 0 Å². The maximum atomic E-state index is 2.48. The molecule has 0 aliphatic rings. The third-order valence-electron chi connectivity index (χ3n) is 15.9. The largest absolute Gasteiger partial charge is 0.309 e. The fourth-order valence-electron chi connectivity index (χ4n) is 12.5. The fourth-order valence-corrected chi connectivity index (χ4v) is 12.5. The standard InChI is InChI=1S/C72H46N4/c1-4-19-47(20-5-1)51-40-52(42-56(41-51)76-68-34-17-13-30-60(68)64-45-70-63(46-72(64)76)58-28-11-15-32-66(58)74(70)54-25-8-3-9-26-54)50-22-18-21-49(39-50)48-35-37-55(38-36-48)75-67-33-16-12-29-59(67)62-43-69-61(44-71(62)75)57-27-10-14-31-65(57)73(69)53-23-6-2-7-24-53/h1-46H. The Morgan fingerprint density at radius 1 is 0.145 bits per heavy atom. The highest BCUT2D eigenvalue weighted by molar-refractivity contribution is 6.20. The van der Waals surface area contributed by atoms with Crippen molar-refractivity contribution in [1.82, 2.24) is 18.3 Å². The number of hydrogen-bond donors (Lipinski definition) is 0. The lowest BCUT2D eigenvalue weighted by atomic mass is 9.95. The highest BCUT2D eigenvalue weighted by atomic mass is 15.0. The number of nitrogens with zero attached hydrogens (tertiary/aromatic N) is 4. The summed E-state index contributed by atoms with van der Waals surface area (Å²) in [6, 6.07) is 103. The Balaban J connectivity index is 0.835. The summed E-state index contributed by atoms with van der Waals surface area (Å²) in [5.41, 5.74) is 21.1. The van der Waals surface area contributed by atoms with Crippen molar-refractivity contribution in [3.63, 3.8) is 0 Å². The predicted octanol–water partition coefficient (Wildman–Crippen LogP) is 19.1. The number of aromatic nitrogens is 4. The molecule has 0 aliphatic heterocycles. The molecule has 0 fully saturated rings. The van der Waals surface area contributed by atoms with Crippen LogP contribution in [0.1, 0.15) is 0 Å². The molecule has 12 aromatic carbocycles. The van der Waals surface area contributed by atoms with Crippen molar-refractivity contribution in [1.29, 1.82) is 0 Å². The zero-order chi connectivity index (χ0) is 49.8. The first-order chi connectivity index (χ1) is 37.7. The van der Waals surface area contributed by atoms with Gasteiger partial charge in [-0.1, -0.05) is 170 Å². The van der Waals surface area contributed by atoms with Gasteiger partial charge in [-0.15, -0.1) is 0 Å². The molecule has 16 aromatic rings. The van der Waals surface area contributed by atoms with Crippen molar-refractivity contribution in [3.8, 4) is 56.1 Å². The number of para-hydroxylation sites is 6. The molecule has 0 N–H and O–H groups in total. The maximum Gasteiger partial charge on any atom is 0.0548 e. The van der Waals surface area contributed by atoms with Crippen LogP contribution < -0.4 is 0 Å². The predicted molar refractivity (Wildman–Crippen MR) is 320 cm³/mol. The van der Waals surface area contributed by atoms with Gasteiger partial charge < -0.3 is 18.3 Å². The molecule has 0 amide bonds. The van der Waals surface area contributed by atoms with Gasteiger partial charge in [0.1, 0.15) is 0 Å². The minimum absolute atomic E-state index is 1.12. The van der Waals surface area contributed by atoms with Crippen LogP contribution in [0, 0.1) is 0 Å². The third kappa shape index (κ3) is 6.44. The highest BCUT2D eigenvalue weighted by Crippen LogP contribution is 2.43. The fraction of sp³-hybridized carbons (Fsp3) is 0. The highest BCUT2D eigenvalue weighted by Gasteiger charge is 2.21. The molecule has 0 radical (unpaired) electrons. The summed E-state index contributed by atoms with van der Waals surface area (Å²) in [5.74, 6) is 0. The molecular weight excluding hydrogens is 921 g/mol. The van der Waals surface area contributed by atoms with Crippen LogP contribution in [0.5, 0.6) is 0 Å². The SMILES string of the molecule is c1ccc(-c2cc(-c3cccc(-c4ccc(-n5c6ccccc6c6cc7c(cc65)c5ccccc5n7-c5ccccc5)cc4)c3)cc(-n3c4ccccc4c4cc5c(cc43)c3ccccc3n5-c3ccccc3)c2)cc1. The molecule has 16 rings (SSSR count). The van der Waals surface area contributed by atoms with E-state index in [-0.39, 0.29) is 0 Å². The van der Waals surface area contributed by atoms with Crippen molar-refractivity contribution in [2.24, 2.45) is 0 Å². The van der Waals surface area contributed by atoms with Crippen molar-refractivity contribution in [2.75, 3.05) is 0 Å². The molecular formula is C72H46N4. The number of hydrogen-bond acceptors (Lipinski definition) is 0. The van der Waals surface area contributed by atoms with Crippen molar-refractivity contribution >= 4 is 87.2 Å². The van der Waals surface area contributed by atoms with E-state index in [1.165, 1.54) is 109 Å². The first-order valence-electron chi connectivity index (χ1n) is 26.2. The van der Waals surface area contributed by atoms with Crippen LogP contribution in [0.15, 0.2) is 279 Å². The lowest BCUT2D eigenvalue weighted by molar-refractivity contribution is 1.17. The monoisotopic (exact) mass is 966 g/mol. The lowest BCUT2D eigenvalue weighted by Gasteiger charge is -2.15. The summed E-state index contributed by atoms with van der Waals surface area (Å²) < 4.78 is 9.75. The van der Waals surface area contributed by atoms with Crippen LogP contribution >= 0.6 is 0 Å². The number of benzene rings is 12. The molecule has 76 heavy (non-hydrogen) atoms. The Labute approximate surface area is 438 Å². The van der Waals surface area contributed by atoms with E-state index in [9.17, 15) is 0 Å². The lowest BCUT2D eigenvalue weighted by Crippen LogP contribution is -1.96. The van der Waals surface area contributed by atoms with Crippen LogP contribution in [0.25, 0.3) is 143 Å². The molecule has 4 heteroatoms. The van der Waals surface area contributed by atoms with Gasteiger partial charge in [-0.25, -0.2) is 0 Å². The van der Waals surface area contributed by atoms with E-state index >= 15 is 0 Å². The average Bonchev–Trinajstić information content (AvgIpc) is 4.33. The minimum atomic E-state index is 1.12. The van der Waals surface area contributed by atoms with Gasteiger partial charge in [-0.05, 0) is 143 Å². The van der Waals surface area contributed by atoms with Gasteiger partial charge in [0.05, 0.1) is 44.1 Å². The van der Waals surface area contributed by atoms with Crippen molar-refractivity contribution in [3.05, 3.63) is 279 Å². The second-order valence-electron chi connectivity index (χ2n) is 20.1. The topological polar surface area (TPSA) is 19.7 Å². The first kappa shape index (κ1) is 42.4. The molecule has 0 saturated heterocycles. The molecule has 4 heterocycles. The molecule has 0 saturated carbocycles. The average molecular weight is 967 g/mol. The zero-order valence-corrected chi connectivity index (χ0v) is 41.3. The Kier molecular flexibility index (Phi) is 9.30. The van der Waals surface area contributed by atoms with Crippen LogP contribution in [-0.2, 0) is 0 Å². The summed E-state index contributed by atoms with van der Waals surface area (Å²) in [6.07, 6.45) is 0. The molecule has 4 aromatic heterocycles. The van der Waals surface area contributed by atoms with Gasteiger partial charge in [0.15, 0.2) is 0 Å². The van der Waals surface area contributed by atoms with E-state index in [4.69, 9.17) is 0 Å². The van der Waals surface area contributed by atoms with Crippen molar-refractivity contribution in [2.45, 2.75) is 0 Å². The first-order valence-corrected chi connectivity index (χ1v) is 26.2. The number of rotatable bonds is 7. The molecule has 0 bridgehead atoms. The quantitative estimate of drug-likeness (QED) is 0.152. The third-order valence-corrected chi connectivity index (χ3v) is 15.9. The van der Waals surface area contributed by atoms with Gasteiger partial charge in [0, 0.05) is 65.8 Å². The molecule has 354 valence electrons. The summed E-state index contributed by atoms with van der Waals surface area (Å²) in [5, 5.41) is 9.89. The summed E-state index contributed by atoms with van der Waals surface area (Å²) >= 11 is 0. The number of fused-ring (bicyclic) bond motifs is 12. The minimum Gasteiger partial charge on any atom is -0.309 e. The van der Waals surface area contributed by atoms with Crippen LogP contribution in [0.3, 0.4) is 0 Å². The van der Waals surface area contributed by atoms with Crippen LogP contribution in [0.4, 0.5) is 0 Å². The van der Waals surface area contributed by atoms with Gasteiger partial charge in [0.2, 0.25) is 0 Å². The van der Waals surface area contributed by atoms with Gasteiger partial charge in [-0.2, -0.15) is 0 Å². The molecule has 0 spiro atoms. The van der Waals surface area contributed by atoms with Crippen molar-refractivity contribution < 1.29 is 0 Å². The summed E-state index contributed by atoms with van der Waals surface area (Å²) in [4.78, 5) is 0. The molecule has 0 atom stereocenters. The summed E-state index contributed by atoms with van der Waals surface area (Å²) in [6.45, 7) is 0. The molecule has 4 nitrogen and oxygen atoms in total. The second kappa shape index (κ2) is 16.7. The van der Waals surface area contributed by atoms with Crippen LogP contribution in [0.2, 0.25) is 0 Å². The summed E-state index contributed by atoms with van der Waals surface area (Å²) in [7, 11) is 0. The van der Waals surface area contributed by atoms with E-state index in [2.05, 4.69) is 297 Å².